The Bertz CT molecular complexity index is 431. The summed E-state index contributed by atoms with van der Waals surface area (Å²) in [5, 5.41) is 0. The molecular formula is C27H54N3PrS6. The van der Waals surface area contributed by atoms with E-state index in [0.717, 1.165) is 39.3 Å². The second kappa shape index (κ2) is 35.7. The first-order valence-corrected chi connectivity index (χ1v) is 16.5. The Morgan fingerprint density at radius 2 is 0.541 bits per heavy atom. The van der Waals surface area contributed by atoms with Gasteiger partial charge >= 0.3 is 41.3 Å². The number of hydrogen-bond acceptors (Lipinski definition) is 6. The van der Waals surface area contributed by atoms with Gasteiger partial charge in [0.05, 0.1) is 0 Å². The number of unbranched alkanes of at least 4 members (excludes halogenated alkanes) is 6. The predicted molar refractivity (Wildman–Crippen MR) is 184 cm³/mol. The van der Waals surface area contributed by atoms with E-state index >= 15 is 0 Å². The summed E-state index contributed by atoms with van der Waals surface area (Å²) in [6.07, 6.45) is 14.4. The SMILES string of the molecule is CCCCN(CCCC)C(=S)[S-].CCCCN(CCCC)C(=S)[S-].CCCCN(CCCC)C(=S)[S-].[Pr+3]. The molecule has 0 aliphatic heterocycles. The molecule has 0 heterocycles. The Morgan fingerprint density at radius 3 is 0.622 bits per heavy atom. The number of nitrogens with zero attached hydrogens (tertiary/aromatic N) is 3. The number of hydrogen-bond donors (Lipinski definition) is 0. The number of thiocarbonyl (C=S) groups is 3. The van der Waals surface area contributed by atoms with Crippen molar-refractivity contribution >= 4 is 87.5 Å². The molecule has 0 fully saturated rings. The van der Waals surface area contributed by atoms with Gasteiger partial charge < -0.3 is 89.2 Å². The minimum Gasteiger partial charge on any atom is -0.411 e. The van der Waals surface area contributed by atoms with Gasteiger partial charge in [0.15, 0.2) is 0 Å². The van der Waals surface area contributed by atoms with Crippen molar-refractivity contribution in [1.82, 2.24) is 14.7 Å². The molecule has 10 heteroatoms. The minimum atomic E-state index is 0. The minimum absolute atomic E-state index is 0. The van der Waals surface area contributed by atoms with Crippen LogP contribution in [-0.4, -0.2) is 66.9 Å². The van der Waals surface area contributed by atoms with Gasteiger partial charge in [-0.2, -0.15) is 0 Å². The van der Waals surface area contributed by atoms with E-state index in [-0.39, 0.29) is 41.3 Å². The largest absolute Gasteiger partial charge is 3.00 e. The van der Waals surface area contributed by atoms with E-state index in [1.54, 1.807) is 0 Å². The molecule has 0 atom stereocenters. The predicted octanol–water partition coefficient (Wildman–Crippen LogP) is 8.16. The summed E-state index contributed by atoms with van der Waals surface area (Å²) in [6.45, 7) is 19.4. The van der Waals surface area contributed by atoms with Crippen molar-refractivity contribution in [3.05, 3.63) is 0 Å². The Balaban J connectivity index is -0.000000218. The van der Waals surface area contributed by atoms with Crippen LogP contribution in [0.2, 0.25) is 0 Å². The molecule has 0 unspecified atom stereocenters. The third-order valence-electron chi connectivity index (χ3n) is 5.46. The fraction of sp³-hybridized carbons (Fsp3) is 0.889. The molecule has 0 bridgehead atoms. The molecule has 0 spiro atoms. The van der Waals surface area contributed by atoms with Crippen LogP contribution in [0.25, 0.3) is 0 Å². The first kappa shape index (κ1) is 45.7. The fourth-order valence-electron chi connectivity index (χ4n) is 2.98. The van der Waals surface area contributed by atoms with Crippen LogP contribution in [0, 0.1) is 41.3 Å². The van der Waals surface area contributed by atoms with E-state index < -0.39 is 0 Å². The molecule has 0 N–H and O–H groups in total. The molecule has 0 aromatic carbocycles. The second-order valence-electron chi connectivity index (χ2n) is 8.88. The average molecular weight is 754 g/mol. The van der Waals surface area contributed by atoms with Gasteiger partial charge in [0.25, 0.3) is 0 Å². The monoisotopic (exact) mass is 753 g/mol. The van der Waals surface area contributed by atoms with Gasteiger partial charge in [0.1, 0.15) is 0 Å². The van der Waals surface area contributed by atoms with Gasteiger partial charge in [-0.15, -0.1) is 0 Å². The Kier molecular flexibility index (Phi) is 44.1. The van der Waals surface area contributed by atoms with Crippen molar-refractivity contribution in [2.75, 3.05) is 39.3 Å². The van der Waals surface area contributed by atoms with Crippen molar-refractivity contribution < 1.29 is 41.3 Å². The Labute approximate surface area is 298 Å². The maximum Gasteiger partial charge on any atom is 3.00 e. The van der Waals surface area contributed by atoms with Crippen LogP contribution in [0.1, 0.15) is 119 Å². The third-order valence-corrected chi connectivity index (χ3v) is 7.01. The van der Waals surface area contributed by atoms with Crippen molar-refractivity contribution in [2.45, 2.75) is 119 Å². The van der Waals surface area contributed by atoms with Crippen LogP contribution in [0.15, 0.2) is 0 Å². The van der Waals surface area contributed by atoms with Gasteiger partial charge in [-0.05, 0) is 38.5 Å². The molecule has 0 aromatic heterocycles. The van der Waals surface area contributed by atoms with Gasteiger partial charge in [0.2, 0.25) is 0 Å². The first-order valence-electron chi connectivity index (χ1n) is 14.0. The average Bonchev–Trinajstić information content (AvgIpc) is 2.84. The topological polar surface area (TPSA) is 9.72 Å². The summed E-state index contributed by atoms with van der Waals surface area (Å²) < 4.78 is 1.91. The summed E-state index contributed by atoms with van der Waals surface area (Å²) in [6, 6.07) is 0. The standard InChI is InChI=1S/3C9H19NS2.Pr/c3*1-3-5-7-10(9(11)12)8-6-4-2;/h3*3-8H2,1-2H3,(H,11,12);/q;;;+3/p-3. The van der Waals surface area contributed by atoms with Gasteiger partial charge in [0, 0.05) is 39.3 Å². The van der Waals surface area contributed by atoms with Crippen molar-refractivity contribution in [2.24, 2.45) is 0 Å². The zero-order valence-electron chi connectivity index (χ0n) is 24.6. The molecule has 37 heavy (non-hydrogen) atoms. The summed E-state index contributed by atoms with van der Waals surface area (Å²) in [4.78, 5) is 6.41. The molecule has 0 aliphatic carbocycles. The normalized spacial score (nSPS) is 9.57. The summed E-state index contributed by atoms with van der Waals surface area (Å²) >= 11 is 29.9. The summed E-state index contributed by atoms with van der Waals surface area (Å²) in [7, 11) is 0. The van der Waals surface area contributed by atoms with Crippen LogP contribution < -0.4 is 0 Å². The summed E-state index contributed by atoms with van der Waals surface area (Å²) in [5.74, 6) is 0. The molecule has 0 amide bonds. The zero-order valence-corrected chi connectivity index (χ0v) is 33.2. The molecule has 216 valence electrons. The van der Waals surface area contributed by atoms with E-state index in [4.69, 9.17) is 74.5 Å². The second-order valence-corrected chi connectivity index (χ2v) is 12.0. The smallest absolute Gasteiger partial charge is 0.411 e. The molecule has 0 radical (unpaired) electrons. The maximum absolute atomic E-state index is 4.98. The molecule has 0 saturated heterocycles. The third kappa shape index (κ3) is 33.8. The van der Waals surface area contributed by atoms with Crippen LogP contribution in [0.4, 0.5) is 0 Å². The van der Waals surface area contributed by atoms with Crippen molar-refractivity contribution in [3.63, 3.8) is 0 Å². The molecule has 0 aliphatic rings. The quantitative estimate of drug-likeness (QED) is 0.101. The molecule has 0 rings (SSSR count). The van der Waals surface area contributed by atoms with Crippen LogP contribution >= 0.6 is 36.7 Å². The van der Waals surface area contributed by atoms with E-state index in [1.165, 1.54) is 77.0 Å². The van der Waals surface area contributed by atoms with E-state index in [9.17, 15) is 0 Å². The molecular weight excluding hydrogens is 700 g/mol. The zero-order chi connectivity index (χ0) is 28.2. The molecule has 0 aromatic rings. The van der Waals surface area contributed by atoms with Crippen molar-refractivity contribution in [3.8, 4) is 0 Å². The van der Waals surface area contributed by atoms with Crippen LogP contribution in [0.3, 0.4) is 0 Å². The fourth-order valence-corrected chi connectivity index (χ4v) is 4.07. The number of rotatable bonds is 18. The first-order chi connectivity index (χ1) is 17.2. The van der Waals surface area contributed by atoms with Gasteiger partial charge in [-0.25, -0.2) is 0 Å². The summed E-state index contributed by atoms with van der Waals surface area (Å²) in [5.41, 5.74) is 0. The van der Waals surface area contributed by atoms with Crippen molar-refractivity contribution in [1.29, 1.82) is 0 Å². The van der Waals surface area contributed by atoms with Crippen LogP contribution in [0.5, 0.6) is 0 Å². The van der Waals surface area contributed by atoms with E-state index in [0.29, 0.717) is 13.0 Å². The van der Waals surface area contributed by atoms with Gasteiger partial charge in [-0.3, -0.25) is 0 Å². The van der Waals surface area contributed by atoms with E-state index in [1.807, 2.05) is 0 Å². The van der Waals surface area contributed by atoms with E-state index in [2.05, 4.69) is 56.2 Å². The Morgan fingerprint density at radius 1 is 0.405 bits per heavy atom. The maximum atomic E-state index is 4.98. The van der Waals surface area contributed by atoms with Crippen LogP contribution in [-0.2, 0) is 37.9 Å². The molecule has 3 nitrogen and oxygen atoms in total. The Hall–Kier alpha value is 1.69. The van der Waals surface area contributed by atoms with Gasteiger partial charge in [-0.1, -0.05) is 93.0 Å². The molecule has 0 saturated carbocycles.